The van der Waals surface area contributed by atoms with Gasteiger partial charge in [0, 0.05) is 38.6 Å². The Morgan fingerprint density at radius 2 is 2.00 bits per heavy atom. The second kappa shape index (κ2) is 8.59. The van der Waals surface area contributed by atoms with Crippen LogP contribution in [-0.4, -0.2) is 60.4 Å². The van der Waals surface area contributed by atoms with Crippen LogP contribution in [0, 0.1) is 5.92 Å². The molecular weight excluding hydrogens is 290 g/mol. The van der Waals surface area contributed by atoms with Gasteiger partial charge in [0.1, 0.15) is 0 Å². The second-order valence-electron chi connectivity index (χ2n) is 5.85. The molecule has 0 bridgehead atoms. The van der Waals surface area contributed by atoms with Crippen LogP contribution >= 0.6 is 12.4 Å². The summed E-state index contributed by atoms with van der Waals surface area (Å²) in [7, 11) is 0. The molecule has 0 spiro atoms. The molecule has 0 radical (unpaired) electrons. The lowest BCUT2D eigenvalue weighted by Crippen LogP contribution is -2.40. The Hall–Kier alpha value is -0.810. The predicted octanol–water partition coefficient (Wildman–Crippen LogP) is 1.27. The fourth-order valence-electron chi connectivity index (χ4n) is 3.30. The highest BCUT2D eigenvalue weighted by Crippen LogP contribution is 2.24. The molecule has 21 heavy (non-hydrogen) atoms. The van der Waals surface area contributed by atoms with E-state index in [0.717, 1.165) is 45.4 Å². The van der Waals surface area contributed by atoms with Crippen LogP contribution in [-0.2, 0) is 9.59 Å². The lowest BCUT2D eigenvalue weighted by Gasteiger charge is -2.27. The summed E-state index contributed by atoms with van der Waals surface area (Å²) in [4.78, 5) is 28.6. The van der Waals surface area contributed by atoms with E-state index in [4.69, 9.17) is 0 Å². The number of hydrogen-bond acceptors (Lipinski definition) is 3. The molecule has 2 aliphatic rings. The van der Waals surface area contributed by atoms with Crippen LogP contribution in [0.3, 0.4) is 0 Å². The average molecular weight is 318 g/mol. The highest BCUT2D eigenvalue weighted by molar-refractivity contribution is 5.89. The molecule has 0 saturated carbocycles. The van der Waals surface area contributed by atoms with Crippen LogP contribution in [0.25, 0.3) is 0 Å². The molecule has 1 atom stereocenters. The van der Waals surface area contributed by atoms with Crippen molar-refractivity contribution in [3.63, 3.8) is 0 Å². The van der Waals surface area contributed by atoms with E-state index in [0.29, 0.717) is 19.0 Å². The van der Waals surface area contributed by atoms with E-state index in [-0.39, 0.29) is 30.1 Å². The number of likely N-dealkylation sites (tertiary alicyclic amines) is 1. The molecule has 1 unspecified atom stereocenters. The van der Waals surface area contributed by atoms with Gasteiger partial charge < -0.3 is 15.1 Å². The van der Waals surface area contributed by atoms with E-state index in [1.54, 1.807) is 0 Å². The van der Waals surface area contributed by atoms with Crippen molar-refractivity contribution in [1.29, 1.82) is 0 Å². The van der Waals surface area contributed by atoms with Gasteiger partial charge in [0.2, 0.25) is 11.8 Å². The maximum absolute atomic E-state index is 12.6. The number of nitrogens with zero attached hydrogens (tertiary/aromatic N) is 2. The van der Waals surface area contributed by atoms with Gasteiger partial charge in [-0.25, -0.2) is 0 Å². The van der Waals surface area contributed by atoms with Crippen LogP contribution in [0.2, 0.25) is 0 Å². The van der Waals surface area contributed by atoms with Gasteiger partial charge in [-0.2, -0.15) is 0 Å². The summed E-state index contributed by atoms with van der Waals surface area (Å²) in [5, 5.41) is 3.31. The van der Waals surface area contributed by atoms with E-state index in [2.05, 4.69) is 19.2 Å². The third-order valence-electron chi connectivity index (χ3n) is 4.54. The van der Waals surface area contributed by atoms with Gasteiger partial charge in [-0.3, -0.25) is 9.59 Å². The summed E-state index contributed by atoms with van der Waals surface area (Å²) in [5.41, 5.74) is 0. The molecular formula is C15H28ClN3O2. The van der Waals surface area contributed by atoms with Gasteiger partial charge in [-0.1, -0.05) is 13.8 Å². The Labute approximate surface area is 133 Å². The number of amides is 2. The Bertz CT molecular complexity index is 353. The van der Waals surface area contributed by atoms with Crippen molar-refractivity contribution in [2.24, 2.45) is 5.92 Å². The van der Waals surface area contributed by atoms with Crippen LogP contribution in [0.5, 0.6) is 0 Å². The summed E-state index contributed by atoms with van der Waals surface area (Å²) in [5.74, 6) is 0.210. The molecule has 2 saturated heterocycles. The second-order valence-corrected chi connectivity index (χ2v) is 5.85. The van der Waals surface area contributed by atoms with Gasteiger partial charge in [0.05, 0.1) is 5.92 Å². The Morgan fingerprint density at radius 3 is 2.67 bits per heavy atom. The van der Waals surface area contributed by atoms with E-state index in [1.807, 2.05) is 9.80 Å². The summed E-state index contributed by atoms with van der Waals surface area (Å²) < 4.78 is 0. The van der Waals surface area contributed by atoms with Crippen molar-refractivity contribution in [3.8, 4) is 0 Å². The monoisotopic (exact) mass is 317 g/mol. The van der Waals surface area contributed by atoms with Gasteiger partial charge >= 0.3 is 0 Å². The Morgan fingerprint density at radius 1 is 1.29 bits per heavy atom. The average Bonchev–Trinajstić information content (AvgIpc) is 2.68. The minimum Gasteiger partial charge on any atom is -0.341 e. The fourth-order valence-corrected chi connectivity index (χ4v) is 3.30. The number of hydrogen-bond donors (Lipinski definition) is 1. The van der Waals surface area contributed by atoms with Gasteiger partial charge in [-0.15, -0.1) is 12.4 Å². The summed E-state index contributed by atoms with van der Waals surface area (Å²) >= 11 is 0. The van der Waals surface area contributed by atoms with Gasteiger partial charge in [-0.05, 0) is 25.8 Å². The summed E-state index contributed by atoms with van der Waals surface area (Å²) in [6.07, 6.45) is 3.34. The van der Waals surface area contributed by atoms with Crippen molar-refractivity contribution >= 4 is 24.2 Å². The van der Waals surface area contributed by atoms with Crippen LogP contribution in [0.4, 0.5) is 0 Å². The molecule has 2 heterocycles. The molecule has 2 fully saturated rings. The van der Waals surface area contributed by atoms with Crippen LogP contribution < -0.4 is 5.32 Å². The molecule has 122 valence electrons. The molecule has 2 aliphatic heterocycles. The van der Waals surface area contributed by atoms with Gasteiger partial charge in [0.25, 0.3) is 0 Å². The van der Waals surface area contributed by atoms with Crippen molar-refractivity contribution in [3.05, 3.63) is 0 Å². The lowest BCUT2D eigenvalue weighted by molar-refractivity contribution is -0.135. The van der Waals surface area contributed by atoms with E-state index in [9.17, 15) is 9.59 Å². The standard InChI is InChI=1S/C15H27N3O2.ClH/c1-3-13(4-2)18-11-12(10-14(18)19)15(20)17-8-5-6-16-7-9-17;/h12-13,16H,3-11H2,1-2H3;1H. The first-order chi connectivity index (χ1) is 9.67. The zero-order valence-electron chi connectivity index (χ0n) is 13.1. The normalized spacial score (nSPS) is 23.2. The highest BCUT2D eigenvalue weighted by Gasteiger charge is 2.38. The first-order valence-corrected chi connectivity index (χ1v) is 7.96. The zero-order chi connectivity index (χ0) is 14.5. The minimum atomic E-state index is -0.124. The first kappa shape index (κ1) is 18.2. The third-order valence-corrected chi connectivity index (χ3v) is 4.54. The summed E-state index contributed by atoms with van der Waals surface area (Å²) in [6, 6.07) is 0.297. The molecule has 5 nitrogen and oxygen atoms in total. The lowest BCUT2D eigenvalue weighted by atomic mass is 10.1. The van der Waals surface area contributed by atoms with Crippen molar-refractivity contribution in [2.75, 3.05) is 32.7 Å². The summed E-state index contributed by atoms with van der Waals surface area (Å²) in [6.45, 7) is 8.27. The Balaban J connectivity index is 0.00000220. The number of carbonyl (C=O) groups is 2. The van der Waals surface area contributed by atoms with Crippen LogP contribution in [0.15, 0.2) is 0 Å². The first-order valence-electron chi connectivity index (χ1n) is 7.96. The smallest absolute Gasteiger partial charge is 0.228 e. The van der Waals surface area contributed by atoms with Crippen molar-refractivity contribution in [1.82, 2.24) is 15.1 Å². The Kier molecular flexibility index (Phi) is 7.46. The maximum Gasteiger partial charge on any atom is 0.228 e. The van der Waals surface area contributed by atoms with Crippen molar-refractivity contribution < 1.29 is 9.59 Å². The molecule has 0 aromatic rings. The topological polar surface area (TPSA) is 52.7 Å². The molecule has 2 rings (SSSR count). The molecule has 2 amide bonds. The van der Waals surface area contributed by atoms with Crippen molar-refractivity contribution in [2.45, 2.75) is 45.6 Å². The zero-order valence-corrected chi connectivity index (χ0v) is 14.0. The third kappa shape index (κ3) is 4.33. The quantitative estimate of drug-likeness (QED) is 0.849. The van der Waals surface area contributed by atoms with E-state index in [1.165, 1.54) is 0 Å². The number of nitrogens with one attached hydrogen (secondary N) is 1. The molecule has 0 aromatic heterocycles. The van der Waals surface area contributed by atoms with Crippen LogP contribution in [0.1, 0.15) is 39.5 Å². The SMILES string of the molecule is CCC(CC)N1CC(C(=O)N2CCCNCC2)CC1=O.Cl. The fraction of sp³-hybridized carbons (Fsp3) is 0.867. The number of carbonyl (C=O) groups excluding carboxylic acids is 2. The predicted molar refractivity (Wildman–Crippen MR) is 85.5 cm³/mol. The molecule has 0 aliphatic carbocycles. The number of halogens is 1. The number of rotatable bonds is 4. The molecule has 1 N–H and O–H groups in total. The van der Waals surface area contributed by atoms with E-state index < -0.39 is 0 Å². The molecule has 0 aromatic carbocycles. The van der Waals surface area contributed by atoms with Gasteiger partial charge in [0.15, 0.2) is 0 Å². The minimum absolute atomic E-state index is 0. The highest BCUT2D eigenvalue weighted by atomic mass is 35.5. The van der Waals surface area contributed by atoms with E-state index >= 15 is 0 Å². The molecule has 6 heteroatoms. The largest absolute Gasteiger partial charge is 0.341 e. The maximum atomic E-state index is 12.6.